The predicted octanol–water partition coefficient (Wildman–Crippen LogP) is 3.54. The van der Waals surface area contributed by atoms with Crippen molar-refractivity contribution in [3.05, 3.63) is 35.9 Å². The van der Waals surface area contributed by atoms with Gasteiger partial charge in [-0.25, -0.2) is 0 Å². The first-order valence-corrected chi connectivity index (χ1v) is 6.37. The maximum Gasteiger partial charge on any atom is 0.307 e. The first-order valence-electron chi connectivity index (χ1n) is 6.37. The fourth-order valence-corrected chi connectivity index (χ4v) is 2.94. The number of hydrogen-bond acceptors (Lipinski definition) is 1. The maximum atomic E-state index is 11.4. The molecule has 2 nitrogen and oxygen atoms in total. The van der Waals surface area contributed by atoms with Crippen LogP contribution in [0.25, 0.3) is 0 Å². The smallest absolute Gasteiger partial charge is 0.307 e. The van der Waals surface area contributed by atoms with Crippen molar-refractivity contribution in [2.75, 3.05) is 0 Å². The second-order valence-electron chi connectivity index (χ2n) is 5.39. The molecule has 1 aliphatic rings. The van der Waals surface area contributed by atoms with Crippen molar-refractivity contribution in [1.82, 2.24) is 0 Å². The zero-order valence-corrected chi connectivity index (χ0v) is 10.5. The van der Waals surface area contributed by atoms with Gasteiger partial charge in [0.2, 0.25) is 0 Å². The third-order valence-electron chi connectivity index (χ3n) is 4.25. The topological polar surface area (TPSA) is 37.3 Å². The predicted molar refractivity (Wildman–Crippen MR) is 67.9 cm³/mol. The van der Waals surface area contributed by atoms with Gasteiger partial charge >= 0.3 is 5.97 Å². The molecule has 0 aliphatic heterocycles. The van der Waals surface area contributed by atoms with E-state index in [9.17, 15) is 9.90 Å². The van der Waals surface area contributed by atoms with Crippen molar-refractivity contribution in [1.29, 1.82) is 0 Å². The zero-order valence-electron chi connectivity index (χ0n) is 10.5. The van der Waals surface area contributed by atoms with Gasteiger partial charge in [0.1, 0.15) is 0 Å². The van der Waals surface area contributed by atoms with Crippen LogP contribution in [0.1, 0.15) is 38.2 Å². The Balaban J connectivity index is 2.26. The van der Waals surface area contributed by atoms with Crippen molar-refractivity contribution in [2.24, 2.45) is 17.8 Å². The number of carbonyl (C=O) groups is 1. The second kappa shape index (κ2) is 4.91. The molecule has 1 aromatic rings. The molecule has 1 aliphatic carbocycles. The molecule has 17 heavy (non-hydrogen) atoms. The fraction of sp³-hybridized carbons (Fsp3) is 0.533. The minimum absolute atomic E-state index is 0.180. The first-order chi connectivity index (χ1) is 8.09. The van der Waals surface area contributed by atoms with Gasteiger partial charge in [-0.1, -0.05) is 44.2 Å². The Morgan fingerprint density at radius 2 is 1.71 bits per heavy atom. The van der Waals surface area contributed by atoms with Crippen LogP contribution in [-0.2, 0) is 4.79 Å². The standard InChI is InChI=1S/C15H20O2/c1-10-8-13(12-6-4-3-5-7-12)14(15(16)17)9-11(10)2/h3-7,10-11,13-14H,8-9H2,1-2H3,(H,16,17). The highest BCUT2D eigenvalue weighted by Gasteiger charge is 2.37. The van der Waals surface area contributed by atoms with E-state index in [1.807, 2.05) is 18.2 Å². The van der Waals surface area contributed by atoms with E-state index in [2.05, 4.69) is 26.0 Å². The van der Waals surface area contributed by atoms with E-state index in [1.54, 1.807) is 0 Å². The molecule has 2 heteroatoms. The van der Waals surface area contributed by atoms with Crippen LogP contribution in [0.15, 0.2) is 30.3 Å². The van der Waals surface area contributed by atoms with E-state index in [0.717, 1.165) is 12.8 Å². The van der Waals surface area contributed by atoms with Crippen LogP contribution in [0.2, 0.25) is 0 Å². The summed E-state index contributed by atoms with van der Waals surface area (Å²) in [4.78, 5) is 11.4. The summed E-state index contributed by atoms with van der Waals surface area (Å²) in [5.41, 5.74) is 1.18. The molecule has 0 aromatic heterocycles. The van der Waals surface area contributed by atoms with E-state index in [-0.39, 0.29) is 11.8 Å². The minimum atomic E-state index is -0.641. The summed E-state index contributed by atoms with van der Waals surface area (Å²) >= 11 is 0. The highest BCUT2D eigenvalue weighted by molar-refractivity contribution is 5.71. The molecule has 2 rings (SSSR count). The van der Waals surface area contributed by atoms with Crippen LogP contribution in [0, 0.1) is 17.8 Å². The summed E-state index contributed by atoms with van der Waals surface area (Å²) in [5, 5.41) is 9.37. The van der Waals surface area contributed by atoms with Gasteiger partial charge in [-0.3, -0.25) is 4.79 Å². The molecular weight excluding hydrogens is 212 g/mol. The summed E-state index contributed by atoms with van der Waals surface area (Å²) in [7, 11) is 0. The van der Waals surface area contributed by atoms with Gasteiger partial charge in [0.05, 0.1) is 5.92 Å². The Kier molecular flexibility index (Phi) is 3.51. The SMILES string of the molecule is CC1CC(C(=O)O)C(c2ccccc2)CC1C. The normalized spacial score (nSPS) is 33.3. The lowest BCUT2D eigenvalue weighted by Crippen LogP contribution is -2.32. The lowest BCUT2D eigenvalue weighted by Gasteiger charge is -2.37. The average Bonchev–Trinajstić information content (AvgIpc) is 2.33. The Labute approximate surface area is 103 Å². The van der Waals surface area contributed by atoms with Crippen LogP contribution in [0.3, 0.4) is 0 Å². The largest absolute Gasteiger partial charge is 0.481 e. The molecule has 4 atom stereocenters. The van der Waals surface area contributed by atoms with Crippen molar-refractivity contribution >= 4 is 5.97 Å². The van der Waals surface area contributed by atoms with E-state index in [1.165, 1.54) is 5.56 Å². The average molecular weight is 232 g/mol. The summed E-state index contributed by atoms with van der Waals surface area (Å²) in [6.07, 6.45) is 1.79. The van der Waals surface area contributed by atoms with Crippen molar-refractivity contribution in [3.63, 3.8) is 0 Å². The van der Waals surface area contributed by atoms with Gasteiger partial charge in [-0.15, -0.1) is 0 Å². The number of carboxylic acids is 1. The van der Waals surface area contributed by atoms with Crippen LogP contribution >= 0.6 is 0 Å². The Morgan fingerprint density at radius 1 is 1.12 bits per heavy atom. The molecule has 0 heterocycles. The number of benzene rings is 1. The first kappa shape index (κ1) is 12.2. The van der Waals surface area contributed by atoms with Gasteiger partial charge in [0.15, 0.2) is 0 Å². The van der Waals surface area contributed by atoms with Gasteiger partial charge in [-0.2, -0.15) is 0 Å². The van der Waals surface area contributed by atoms with Crippen LogP contribution in [0.4, 0.5) is 0 Å². The minimum Gasteiger partial charge on any atom is -0.481 e. The van der Waals surface area contributed by atoms with Gasteiger partial charge in [-0.05, 0) is 36.2 Å². The van der Waals surface area contributed by atoms with Gasteiger partial charge in [0.25, 0.3) is 0 Å². The third kappa shape index (κ3) is 2.51. The maximum absolute atomic E-state index is 11.4. The number of carboxylic acid groups (broad SMARTS) is 1. The summed E-state index contributed by atoms with van der Waals surface area (Å²) in [5.74, 6) is 0.438. The second-order valence-corrected chi connectivity index (χ2v) is 5.39. The molecule has 0 bridgehead atoms. The highest BCUT2D eigenvalue weighted by atomic mass is 16.4. The third-order valence-corrected chi connectivity index (χ3v) is 4.25. The van der Waals surface area contributed by atoms with Crippen LogP contribution in [0.5, 0.6) is 0 Å². The monoisotopic (exact) mass is 232 g/mol. The number of hydrogen-bond donors (Lipinski definition) is 1. The molecular formula is C15H20O2. The molecule has 0 radical (unpaired) electrons. The van der Waals surface area contributed by atoms with Crippen molar-refractivity contribution in [2.45, 2.75) is 32.6 Å². The summed E-state index contributed by atoms with van der Waals surface area (Å²) in [6, 6.07) is 10.1. The molecule has 0 saturated heterocycles. The fourth-order valence-electron chi connectivity index (χ4n) is 2.94. The Hall–Kier alpha value is -1.31. The van der Waals surface area contributed by atoms with E-state index in [4.69, 9.17) is 0 Å². The molecule has 92 valence electrons. The molecule has 1 fully saturated rings. The molecule has 4 unspecified atom stereocenters. The zero-order chi connectivity index (χ0) is 12.4. The quantitative estimate of drug-likeness (QED) is 0.846. The van der Waals surface area contributed by atoms with E-state index >= 15 is 0 Å². The number of rotatable bonds is 2. The van der Waals surface area contributed by atoms with Crippen LogP contribution < -0.4 is 0 Å². The van der Waals surface area contributed by atoms with Gasteiger partial charge in [0, 0.05) is 0 Å². The number of aliphatic carboxylic acids is 1. The molecule has 0 spiro atoms. The van der Waals surface area contributed by atoms with E-state index in [0.29, 0.717) is 11.8 Å². The summed E-state index contributed by atoms with van der Waals surface area (Å²) in [6.45, 7) is 4.40. The molecule has 0 amide bonds. The highest BCUT2D eigenvalue weighted by Crippen LogP contribution is 2.43. The molecule has 1 aromatic carbocycles. The van der Waals surface area contributed by atoms with Crippen LogP contribution in [-0.4, -0.2) is 11.1 Å². The van der Waals surface area contributed by atoms with Gasteiger partial charge < -0.3 is 5.11 Å². The van der Waals surface area contributed by atoms with E-state index < -0.39 is 5.97 Å². The molecule has 1 saturated carbocycles. The lowest BCUT2D eigenvalue weighted by atomic mass is 9.67. The van der Waals surface area contributed by atoms with Crippen molar-refractivity contribution in [3.8, 4) is 0 Å². The summed E-state index contributed by atoms with van der Waals surface area (Å²) < 4.78 is 0. The Bertz CT molecular complexity index is 385. The molecule has 1 N–H and O–H groups in total. The van der Waals surface area contributed by atoms with Crippen molar-refractivity contribution < 1.29 is 9.90 Å². The Morgan fingerprint density at radius 3 is 2.29 bits per heavy atom. The lowest BCUT2D eigenvalue weighted by molar-refractivity contribution is -0.144.